The first kappa shape index (κ1) is 13.3. The number of thioether (sulfide) groups is 1. The molecule has 2 rings (SSSR count). The molecule has 0 amide bonds. The summed E-state index contributed by atoms with van der Waals surface area (Å²) in [6.45, 7) is 1.72. The lowest BCUT2D eigenvalue weighted by molar-refractivity contribution is 0.613. The van der Waals surface area contributed by atoms with Crippen molar-refractivity contribution in [1.29, 1.82) is 5.26 Å². The lowest BCUT2D eigenvalue weighted by Gasteiger charge is -2.04. The molecule has 0 saturated carbocycles. The van der Waals surface area contributed by atoms with Crippen LogP contribution in [0.4, 0.5) is 4.39 Å². The zero-order chi connectivity index (χ0) is 13.8. The summed E-state index contributed by atoms with van der Waals surface area (Å²) in [4.78, 5) is 18.0. The van der Waals surface area contributed by atoms with Gasteiger partial charge in [0.25, 0.3) is 5.56 Å². The van der Waals surface area contributed by atoms with Gasteiger partial charge < -0.3 is 4.98 Å². The normalized spacial score (nSPS) is 10.2. The third-order valence-electron chi connectivity index (χ3n) is 2.41. The number of aromatic nitrogens is 2. The predicted octanol–water partition coefficient (Wildman–Crippen LogP) is 2.38. The number of nitrogens with zero attached hydrogens (tertiary/aromatic N) is 2. The van der Waals surface area contributed by atoms with E-state index in [1.54, 1.807) is 25.1 Å². The number of aryl methyl sites for hydroxylation is 1. The van der Waals surface area contributed by atoms with Crippen LogP contribution in [-0.4, -0.2) is 9.97 Å². The predicted molar refractivity (Wildman–Crippen MR) is 70.3 cm³/mol. The highest BCUT2D eigenvalue weighted by atomic mass is 32.2. The fourth-order valence-electron chi connectivity index (χ4n) is 1.54. The minimum absolute atomic E-state index is 0.0174. The van der Waals surface area contributed by atoms with E-state index >= 15 is 0 Å². The van der Waals surface area contributed by atoms with Crippen molar-refractivity contribution < 1.29 is 4.39 Å². The highest BCUT2D eigenvalue weighted by molar-refractivity contribution is 7.98. The van der Waals surface area contributed by atoms with Gasteiger partial charge >= 0.3 is 0 Å². The van der Waals surface area contributed by atoms with Crippen molar-refractivity contribution in [2.75, 3.05) is 0 Å². The van der Waals surface area contributed by atoms with Crippen LogP contribution in [0.3, 0.4) is 0 Å². The van der Waals surface area contributed by atoms with E-state index < -0.39 is 5.82 Å². The van der Waals surface area contributed by atoms with Crippen LogP contribution in [0.5, 0.6) is 0 Å². The van der Waals surface area contributed by atoms with Gasteiger partial charge in [-0.2, -0.15) is 5.26 Å². The topological polar surface area (TPSA) is 69.5 Å². The maximum absolute atomic E-state index is 13.8. The number of benzene rings is 1. The summed E-state index contributed by atoms with van der Waals surface area (Å²) >= 11 is 1.22. The van der Waals surface area contributed by atoms with Crippen LogP contribution in [0.15, 0.2) is 34.2 Å². The molecule has 0 unspecified atom stereocenters. The maximum Gasteiger partial charge on any atom is 0.251 e. The Bertz CT molecular complexity index is 706. The average Bonchev–Trinajstić information content (AvgIpc) is 2.36. The quantitative estimate of drug-likeness (QED) is 0.689. The van der Waals surface area contributed by atoms with Crippen molar-refractivity contribution >= 4 is 11.8 Å². The van der Waals surface area contributed by atoms with E-state index in [2.05, 4.69) is 9.97 Å². The molecule has 2 aromatic rings. The van der Waals surface area contributed by atoms with Crippen LogP contribution < -0.4 is 5.56 Å². The summed E-state index contributed by atoms with van der Waals surface area (Å²) in [5.41, 5.74) is 0.802. The molecule has 1 aromatic heterocycles. The van der Waals surface area contributed by atoms with E-state index in [0.717, 1.165) is 0 Å². The smallest absolute Gasteiger partial charge is 0.251 e. The van der Waals surface area contributed by atoms with Gasteiger partial charge in [0, 0.05) is 17.5 Å². The number of nitriles is 1. The van der Waals surface area contributed by atoms with Crippen molar-refractivity contribution in [1.82, 2.24) is 9.97 Å². The fraction of sp³-hybridized carbons (Fsp3) is 0.154. The Morgan fingerprint density at radius 3 is 3.00 bits per heavy atom. The lowest BCUT2D eigenvalue weighted by atomic mass is 10.1. The number of hydrogen-bond donors (Lipinski definition) is 1. The summed E-state index contributed by atoms with van der Waals surface area (Å²) in [6, 6.07) is 7.85. The molecule has 4 nitrogen and oxygen atoms in total. The lowest BCUT2D eigenvalue weighted by Crippen LogP contribution is -2.08. The second kappa shape index (κ2) is 5.67. The number of H-pyrrole nitrogens is 1. The van der Waals surface area contributed by atoms with E-state index in [1.807, 2.05) is 0 Å². The number of rotatable bonds is 3. The molecule has 0 radical (unpaired) electrons. The van der Waals surface area contributed by atoms with Gasteiger partial charge in [-0.25, -0.2) is 9.37 Å². The molecular formula is C13H10FN3OS. The minimum Gasteiger partial charge on any atom is -0.301 e. The Kier molecular flexibility index (Phi) is 3.97. The van der Waals surface area contributed by atoms with Gasteiger partial charge in [-0.15, -0.1) is 0 Å². The van der Waals surface area contributed by atoms with Gasteiger partial charge in [-0.05, 0) is 18.6 Å². The molecular weight excluding hydrogens is 265 g/mol. The molecule has 0 saturated heterocycles. The zero-order valence-corrected chi connectivity index (χ0v) is 10.9. The first-order valence-corrected chi connectivity index (χ1v) is 6.47. The first-order valence-electron chi connectivity index (χ1n) is 5.48. The van der Waals surface area contributed by atoms with Crippen LogP contribution >= 0.6 is 11.8 Å². The third-order valence-corrected chi connectivity index (χ3v) is 3.33. The van der Waals surface area contributed by atoms with E-state index in [1.165, 1.54) is 23.9 Å². The van der Waals surface area contributed by atoms with Gasteiger partial charge in [0.1, 0.15) is 11.9 Å². The van der Waals surface area contributed by atoms with Crippen LogP contribution in [0.1, 0.15) is 16.8 Å². The van der Waals surface area contributed by atoms with Crippen LogP contribution in [0.2, 0.25) is 0 Å². The standard InChI is InChI=1S/C13H10FN3OS/c1-8-5-11(18)17-13(16-8)19-7-10-4-2-3-9(6-15)12(10)14/h2-5H,7H2,1H3,(H,16,17,18). The van der Waals surface area contributed by atoms with Gasteiger partial charge in [0.05, 0.1) is 5.56 Å². The largest absolute Gasteiger partial charge is 0.301 e. The number of hydrogen-bond acceptors (Lipinski definition) is 4. The molecule has 0 aliphatic rings. The molecule has 0 fully saturated rings. The molecule has 0 atom stereocenters. The molecule has 96 valence electrons. The molecule has 0 aliphatic carbocycles. The second-order valence-electron chi connectivity index (χ2n) is 3.87. The monoisotopic (exact) mass is 275 g/mol. The molecule has 0 bridgehead atoms. The Hall–Kier alpha value is -2.13. The highest BCUT2D eigenvalue weighted by Crippen LogP contribution is 2.21. The summed E-state index contributed by atoms with van der Waals surface area (Å²) < 4.78 is 13.8. The summed E-state index contributed by atoms with van der Waals surface area (Å²) in [7, 11) is 0. The van der Waals surface area contributed by atoms with Crippen LogP contribution in [-0.2, 0) is 5.75 Å². The van der Waals surface area contributed by atoms with Crippen molar-refractivity contribution in [3.05, 3.63) is 57.3 Å². The molecule has 0 aliphatic heterocycles. The van der Waals surface area contributed by atoms with Gasteiger partial charge in [-0.1, -0.05) is 23.9 Å². The highest BCUT2D eigenvalue weighted by Gasteiger charge is 2.08. The molecule has 19 heavy (non-hydrogen) atoms. The van der Waals surface area contributed by atoms with Crippen molar-refractivity contribution in [2.45, 2.75) is 17.8 Å². The Morgan fingerprint density at radius 1 is 1.53 bits per heavy atom. The van der Waals surface area contributed by atoms with Gasteiger partial charge in [0.15, 0.2) is 5.16 Å². The molecule has 1 N–H and O–H groups in total. The van der Waals surface area contributed by atoms with E-state index in [-0.39, 0.29) is 11.1 Å². The molecule has 1 aromatic carbocycles. The van der Waals surface area contributed by atoms with E-state index in [0.29, 0.717) is 22.2 Å². The average molecular weight is 275 g/mol. The third kappa shape index (κ3) is 3.20. The summed E-state index contributed by atoms with van der Waals surface area (Å²) in [5.74, 6) is -0.221. The van der Waals surface area contributed by atoms with Crippen molar-refractivity contribution in [3.8, 4) is 6.07 Å². The SMILES string of the molecule is Cc1cc(=O)[nH]c(SCc2cccc(C#N)c2F)n1. The second-order valence-corrected chi connectivity index (χ2v) is 4.84. The molecule has 0 spiro atoms. The Balaban J connectivity index is 2.19. The molecule has 1 heterocycles. The summed E-state index contributed by atoms with van der Waals surface area (Å²) in [5, 5.41) is 9.18. The van der Waals surface area contributed by atoms with E-state index in [4.69, 9.17) is 5.26 Å². The number of halogens is 1. The fourth-order valence-corrected chi connectivity index (χ4v) is 2.44. The van der Waals surface area contributed by atoms with Crippen molar-refractivity contribution in [2.24, 2.45) is 0 Å². The number of aromatic amines is 1. The van der Waals surface area contributed by atoms with E-state index in [9.17, 15) is 9.18 Å². The maximum atomic E-state index is 13.8. The zero-order valence-electron chi connectivity index (χ0n) is 10.1. The summed E-state index contributed by atoms with van der Waals surface area (Å²) in [6.07, 6.45) is 0. The Labute approximate surface area is 113 Å². The van der Waals surface area contributed by atoms with Crippen LogP contribution in [0.25, 0.3) is 0 Å². The van der Waals surface area contributed by atoms with Crippen molar-refractivity contribution in [3.63, 3.8) is 0 Å². The van der Waals surface area contributed by atoms with Gasteiger partial charge in [0.2, 0.25) is 0 Å². The molecule has 6 heteroatoms. The van der Waals surface area contributed by atoms with Crippen LogP contribution in [0, 0.1) is 24.1 Å². The first-order chi connectivity index (χ1) is 9.10. The van der Waals surface area contributed by atoms with Gasteiger partial charge in [-0.3, -0.25) is 4.79 Å². The Morgan fingerprint density at radius 2 is 2.32 bits per heavy atom. The minimum atomic E-state index is -0.521. The number of nitrogens with one attached hydrogen (secondary N) is 1.